The zero-order chi connectivity index (χ0) is 14.7. The van der Waals surface area contributed by atoms with Crippen LogP contribution >= 0.6 is 15.9 Å². The van der Waals surface area contributed by atoms with Crippen molar-refractivity contribution in [3.8, 4) is 0 Å². The molecule has 0 bridgehead atoms. The Hall–Kier alpha value is -1.63. The third kappa shape index (κ3) is 2.92. The van der Waals surface area contributed by atoms with E-state index in [0.29, 0.717) is 16.7 Å². The standard InChI is InChI=1S/C13H18BrN5O/c1-4-6-19-13(20)12(14)10(7-15-19)16-11-8-18(3)17-9(11)5-2/h7-8,16H,4-6H2,1-3H3. The van der Waals surface area contributed by atoms with Crippen molar-refractivity contribution in [1.82, 2.24) is 19.6 Å². The van der Waals surface area contributed by atoms with E-state index in [-0.39, 0.29) is 5.56 Å². The molecule has 0 radical (unpaired) electrons. The van der Waals surface area contributed by atoms with Gasteiger partial charge in [0, 0.05) is 19.8 Å². The molecule has 2 heterocycles. The highest BCUT2D eigenvalue weighted by Crippen LogP contribution is 2.24. The van der Waals surface area contributed by atoms with Crippen LogP contribution in [-0.2, 0) is 20.0 Å². The third-order valence-corrected chi connectivity index (χ3v) is 3.70. The minimum atomic E-state index is -0.126. The Morgan fingerprint density at radius 1 is 1.35 bits per heavy atom. The van der Waals surface area contributed by atoms with Crippen LogP contribution in [-0.4, -0.2) is 19.6 Å². The number of aryl methyl sites for hydroxylation is 3. The summed E-state index contributed by atoms with van der Waals surface area (Å²) in [5, 5.41) is 11.7. The molecular weight excluding hydrogens is 322 g/mol. The second-order valence-corrected chi connectivity index (χ2v) is 5.34. The van der Waals surface area contributed by atoms with Gasteiger partial charge in [0.2, 0.25) is 0 Å². The predicted octanol–water partition coefficient (Wildman–Crippen LogP) is 2.46. The van der Waals surface area contributed by atoms with E-state index in [2.05, 4.69) is 31.4 Å². The molecular formula is C13H18BrN5O. The van der Waals surface area contributed by atoms with Crippen molar-refractivity contribution < 1.29 is 0 Å². The summed E-state index contributed by atoms with van der Waals surface area (Å²) in [6.45, 7) is 4.67. The number of nitrogens with zero attached hydrogens (tertiary/aromatic N) is 4. The number of nitrogens with one attached hydrogen (secondary N) is 1. The van der Waals surface area contributed by atoms with Crippen molar-refractivity contribution in [3.63, 3.8) is 0 Å². The maximum Gasteiger partial charge on any atom is 0.283 e. The van der Waals surface area contributed by atoms with Gasteiger partial charge in [0.15, 0.2) is 0 Å². The maximum absolute atomic E-state index is 12.1. The first-order chi connectivity index (χ1) is 9.56. The molecule has 0 unspecified atom stereocenters. The smallest absolute Gasteiger partial charge is 0.283 e. The number of hydrogen-bond acceptors (Lipinski definition) is 4. The molecule has 0 aliphatic rings. The number of anilines is 2. The lowest BCUT2D eigenvalue weighted by Crippen LogP contribution is -2.24. The van der Waals surface area contributed by atoms with Crippen LogP contribution in [0.2, 0.25) is 0 Å². The lowest BCUT2D eigenvalue weighted by molar-refractivity contribution is 0.566. The van der Waals surface area contributed by atoms with Gasteiger partial charge in [0.05, 0.1) is 23.3 Å². The van der Waals surface area contributed by atoms with Crippen LogP contribution in [0.1, 0.15) is 26.0 Å². The quantitative estimate of drug-likeness (QED) is 0.908. The van der Waals surface area contributed by atoms with Gasteiger partial charge >= 0.3 is 0 Å². The number of halogens is 1. The minimum absolute atomic E-state index is 0.126. The van der Waals surface area contributed by atoms with E-state index >= 15 is 0 Å². The fraction of sp³-hybridized carbons (Fsp3) is 0.462. The molecule has 0 saturated heterocycles. The molecule has 0 fully saturated rings. The van der Waals surface area contributed by atoms with Crippen LogP contribution in [0, 0.1) is 0 Å². The normalized spacial score (nSPS) is 10.8. The van der Waals surface area contributed by atoms with Crippen molar-refractivity contribution in [1.29, 1.82) is 0 Å². The molecule has 0 spiro atoms. The minimum Gasteiger partial charge on any atom is -0.350 e. The summed E-state index contributed by atoms with van der Waals surface area (Å²) < 4.78 is 3.70. The largest absolute Gasteiger partial charge is 0.350 e. The summed E-state index contributed by atoms with van der Waals surface area (Å²) in [5.74, 6) is 0. The van der Waals surface area contributed by atoms with E-state index < -0.39 is 0 Å². The Labute approximate surface area is 125 Å². The molecule has 2 aromatic rings. The van der Waals surface area contributed by atoms with Crippen molar-refractivity contribution >= 4 is 27.3 Å². The van der Waals surface area contributed by atoms with Gasteiger partial charge in [-0.25, -0.2) is 4.68 Å². The van der Waals surface area contributed by atoms with E-state index in [0.717, 1.165) is 24.2 Å². The van der Waals surface area contributed by atoms with E-state index in [1.807, 2.05) is 27.1 Å². The third-order valence-electron chi connectivity index (χ3n) is 2.93. The van der Waals surface area contributed by atoms with Gasteiger partial charge in [-0.3, -0.25) is 9.48 Å². The second-order valence-electron chi connectivity index (χ2n) is 4.54. The number of rotatable bonds is 5. The summed E-state index contributed by atoms with van der Waals surface area (Å²) in [5.41, 5.74) is 2.38. The molecule has 1 N–H and O–H groups in total. The fourth-order valence-electron chi connectivity index (χ4n) is 1.97. The summed E-state index contributed by atoms with van der Waals surface area (Å²) in [7, 11) is 1.87. The van der Waals surface area contributed by atoms with Gasteiger partial charge in [-0.2, -0.15) is 10.2 Å². The Morgan fingerprint density at radius 3 is 2.75 bits per heavy atom. The van der Waals surface area contributed by atoms with Gasteiger partial charge < -0.3 is 5.32 Å². The van der Waals surface area contributed by atoms with Crippen LogP contribution in [0.5, 0.6) is 0 Å². The Balaban J connectivity index is 2.34. The first-order valence-electron chi connectivity index (χ1n) is 6.62. The van der Waals surface area contributed by atoms with Gasteiger partial charge in [-0.1, -0.05) is 13.8 Å². The van der Waals surface area contributed by atoms with Gasteiger partial charge in [0.25, 0.3) is 5.56 Å². The van der Waals surface area contributed by atoms with E-state index in [9.17, 15) is 4.79 Å². The summed E-state index contributed by atoms with van der Waals surface area (Å²) >= 11 is 3.35. The van der Waals surface area contributed by atoms with Crippen molar-refractivity contribution in [3.05, 3.63) is 32.9 Å². The highest BCUT2D eigenvalue weighted by Gasteiger charge is 2.12. The van der Waals surface area contributed by atoms with Crippen molar-refractivity contribution in [2.45, 2.75) is 33.2 Å². The molecule has 2 rings (SSSR count). The summed E-state index contributed by atoms with van der Waals surface area (Å²) in [6.07, 6.45) is 5.24. The zero-order valence-electron chi connectivity index (χ0n) is 11.9. The second kappa shape index (κ2) is 6.21. The Morgan fingerprint density at radius 2 is 2.10 bits per heavy atom. The lowest BCUT2D eigenvalue weighted by atomic mass is 10.3. The number of hydrogen-bond donors (Lipinski definition) is 1. The summed E-state index contributed by atoms with van der Waals surface area (Å²) in [6, 6.07) is 0. The molecule has 0 aliphatic carbocycles. The van der Waals surface area contributed by atoms with E-state index in [4.69, 9.17) is 0 Å². The van der Waals surface area contributed by atoms with Crippen molar-refractivity contribution in [2.24, 2.45) is 7.05 Å². The van der Waals surface area contributed by atoms with Crippen LogP contribution in [0.15, 0.2) is 21.7 Å². The van der Waals surface area contributed by atoms with Crippen LogP contribution in [0.25, 0.3) is 0 Å². The molecule has 0 saturated carbocycles. The SMILES string of the molecule is CCCn1ncc(Nc2cn(C)nc2CC)c(Br)c1=O. The highest BCUT2D eigenvalue weighted by atomic mass is 79.9. The van der Waals surface area contributed by atoms with Gasteiger partial charge in [-0.15, -0.1) is 0 Å². The first-order valence-corrected chi connectivity index (χ1v) is 7.41. The first kappa shape index (κ1) is 14.8. The average Bonchev–Trinajstić information content (AvgIpc) is 2.78. The molecule has 20 heavy (non-hydrogen) atoms. The molecule has 0 atom stereocenters. The highest BCUT2D eigenvalue weighted by molar-refractivity contribution is 9.10. The Kier molecular flexibility index (Phi) is 4.59. The topological polar surface area (TPSA) is 64.7 Å². The molecule has 2 aromatic heterocycles. The molecule has 0 aromatic carbocycles. The van der Waals surface area contributed by atoms with Gasteiger partial charge in [0.1, 0.15) is 4.47 Å². The molecule has 7 heteroatoms. The van der Waals surface area contributed by atoms with Crippen LogP contribution < -0.4 is 10.9 Å². The van der Waals surface area contributed by atoms with E-state index in [1.54, 1.807) is 10.9 Å². The summed E-state index contributed by atoms with van der Waals surface area (Å²) in [4.78, 5) is 12.1. The fourth-order valence-corrected chi connectivity index (χ4v) is 2.37. The molecule has 108 valence electrons. The van der Waals surface area contributed by atoms with Gasteiger partial charge in [-0.05, 0) is 28.8 Å². The zero-order valence-corrected chi connectivity index (χ0v) is 13.4. The molecule has 0 aliphatic heterocycles. The average molecular weight is 340 g/mol. The Bertz CT molecular complexity index is 661. The molecule has 6 nitrogen and oxygen atoms in total. The van der Waals surface area contributed by atoms with Crippen LogP contribution in [0.4, 0.5) is 11.4 Å². The monoisotopic (exact) mass is 339 g/mol. The van der Waals surface area contributed by atoms with E-state index in [1.165, 1.54) is 4.68 Å². The lowest BCUT2D eigenvalue weighted by Gasteiger charge is -2.09. The van der Waals surface area contributed by atoms with Crippen LogP contribution in [0.3, 0.4) is 0 Å². The predicted molar refractivity (Wildman–Crippen MR) is 82.4 cm³/mol. The van der Waals surface area contributed by atoms with Crippen molar-refractivity contribution in [2.75, 3.05) is 5.32 Å². The number of aromatic nitrogens is 4. The molecule has 0 amide bonds. The maximum atomic E-state index is 12.1.